The monoisotopic (exact) mass is 350 g/mol. The smallest absolute Gasteiger partial charge is 0.0558 e. The number of rotatable bonds is 8. The van der Waals surface area contributed by atoms with Gasteiger partial charge in [-0.15, -0.1) is 29.4 Å². The molecule has 0 radical (unpaired) electrons. The first-order valence-electron chi connectivity index (χ1n) is 6.36. The SMILES string of the molecule is Br.CCN(CC)CCO.CCN(CC)CCO.Cl. The maximum absolute atomic E-state index is 8.46. The summed E-state index contributed by atoms with van der Waals surface area (Å²) in [5.74, 6) is 0. The Morgan fingerprint density at radius 3 is 0.944 bits per heavy atom. The fraction of sp³-hybridized carbons (Fsp3) is 1.00. The van der Waals surface area contributed by atoms with Gasteiger partial charge in [0.2, 0.25) is 0 Å². The number of hydrogen-bond donors (Lipinski definition) is 2. The lowest BCUT2D eigenvalue weighted by Crippen LogP contribution is -2.25. The van der Waals surface area contributed by atoms with Crippen LogP contribution in [0.25, 0.3) is 0 Å². The van der Waals surface area contributed by atoms with Crippen LogP contribution in [0.15, 0.2) is 0 Å². The third-order valence-electron chi connectivity index (χ3n) is 2.62. The Hall–Kier alpha value is 0.610. The zero-order chi connectivity index (χ0) is 12.8. The predicted molar refractivity (Wildman–Crippen MR) is 87.3 cm³/mol. The second kappa shape index (κ2) is 22.8. The third kappa shape index (κ3) is 19.0. The van der Waals surface area contributed by atoms with Gasteiger partial charge in [-0.05, 0) is 26.2 Å². The molecule has 0 aliphatic rings. The van der Waals surface area contributed by atoms with Crippen LogP contribution < -0.4 is 0 Å². The van der Waals surface area contributed by atoms with Crippen LogP contribution >= 0.6 is 29.4 Å². The maximum Gasteiger partial charge on any atom is 0.0558 e. The lowest BCUT2D eigenvalue weighted by Gasteiger charge is -2.15. The van der Waals surface area contributed by atoms with E-state index in [2.05, 4.69) is 37.5 Å². The van der Waals surface area contributed by atoms with Crippen molar-refractivity contribution in [1.82, 2.24) is 9.80 Å². The minimum atomic E-state index is 0. The average molecular weight is 352 g/mol. The van der Waals surface area contributed by atoms with Crippen LogP contribution in [-0.2, 0) is 0 Å². The molecule has 0 aliphatic carbocycles. The van der Waals surface area contributed by atoms with Gasteiger partial charge in [-0.3, -0.25) is 0 Å². The van der Waals surface area contributed by atoms with Crippen LogP contribution in [0, 0.1) is 0 Å². The molecule has 18 heavy (non-hydrogen) atoms. The Balaban J connectivity index is -0.0000000980. The molecule has 0 rings (SSSR count). The van der Waals surface area contributed by atoms with E-state index in [-0.39, 0.29) is 42.6 Å². The van der Waals surface area contributed by atoms with E-state index in [0.29, 0.717) is 0 Å². The van der Waals surface area contributed by atoms with Crippen LogP contribution in [0.2, 0.25) is 0 Å². The number of aliphatic hydroxyl groups excluding tert-OH is 2. The van der Waals surface area contributed by atoms with Crippen molar-refractivity contribution in [3.8, 4) is 0 Å². The topological polar surface area (TPSA) is 46.9 Å². The van der Waals surface area contributed by atoms with Gasteiger partial charge in [0.05, 0.1) is 13.2 Å². The Bertz CT molecular complexity index is 113. The maximum atomic E-state index is 8.46. The van der Waals surface area contributed by atoms with E-state index in [1.807, 2.05) is 0 Å². The molecule has 0 aromatic heterocycles. The Labute approximate surface area is 130 Å². The lowest BCUT2D eigenvalue weighted by molar-refractivity contribution is 0.208. The summed E-state index contributed by atoms with van der Waals surface area (Å²) in [5.41, 5.74) is 0. The van der Waals surface area contributed by atoms with Crippen LogP contribution in [0.4, 0.5) is 0 Å². The van der Waals surface area contributed by atoms with Gasteiger partial charge in [-0.1, -0.05) is 27.7 Å². The molecule has 0 unspecified atom stereocenters. The zero-order valence-corrected chi connectivity index (χ0v) is 14.8. The summed E-state index contributed by atoms with van der Waals surface area (Å²) in [4.78, 5) is 4.36. The Morgan fingerprint density at radius 2 is 0.889 bits per heavy atom. The standard InChI is InChI=1S/2C6H15NO.BrH.ClH/c2*1-3-7(4-2)5-6-8;;/h2*8H,3-6H2,1-2H3;2*1H. The first-order valence-corrected chi connectivity index (χ1v) is 6.36. The van der Waals surface area contributed by atoms with E-state index in [9.17, 15) is 0 Å². The van der Waals surface area contributed by atoms with Gasteiger partial charge in [0.1, 0.15) is 0 Å². The number of halogens is 2. The van der Waals surface area contributed by atoms with E-state index in [0.717, 1.165) is 39.3 Å². The number of likely N-dealkylation sites (N-methyl/N-ethyl adjacent to an activating group) is 2. The van der Waals surface area contributed by atoms with Crippen molar-refractivity contribution in [1.29, 1.82) is 0 Å². The van der Waals surface area contributed by atoms with E-state index < -0.39 is 0 Å². The molecule has 0 heterocycles. The van der Waals surface area contributed by atoms with Crippen molar-refractivity contribution < 1.29 is 10.2 Å². The minimum Gasteiger partial charge on any atom is -0.395 e. The molecule has 0 aliphatic heterocycles. The molecule has 0 fully saturated rings. The van der Waals surface area contributed by atoms with Gasteiger partial charge in [0.25, 0.3) is 0 Å². The van der Waals surface area contributed by atoms with Crippen molar-refractivity contribution in [3.63, 3.8) is 0 Å². The zero-order valence-electron chi connectivity index (χ0n) is 12.3. The number of hydrogen-bond acceptors (Lipinski definition) is 4. The average Bonchev–Trinajstić information content (AvgIpc) is 2.33. The molecule has 0 saturated heterocycles. The summed E-state index contributed by atoms with van der Waals surface area (Å²) < 4.78 is 0. The molecule has 116 valence electrons. The lowest BCUT2D eigenvalue weighted by atomic mass is 10.5. The third-order valence-corrected chi connectivity index (χ3v) is 2.62. The quantitative estimate of drug-likeness (QED) is 0.698. The minimum absolute atomic E-state index is 0. The molecule has 0 bridgehead atoms. The van der Waals surface area contributed by atoms with Gasteiger partial charge in [-0.25, -0.2) is 0 Å². The summed E-state index contributed by atoms with van der Waals surface area (Å²) in [6.07, 6.45) is 0. The molecule has 0 spiro atoms. The summed E-state index contributed by atoms with van der Waals surface area (Å²) in [5, 5.41) is 16.9. The van der Waals surface area contributed by atoms with Gasteiger partial charge in [-0.2, -0.15) is 0 Å². The van der Waals surface area contributed by atoms with Crippen molar-refractivity contribution in [2.45, 2.75) is 27.7 Å². The second-order valence-electron chi connectivity index (χ2n) is 3.50. The van der Waals surface area contributed by atoms with E-state index in [1.165, 1.54) is 0 Å². The van der Waals surface area contributed by atoms with Gasteiger partial charge < -0.3 is 20.0 Å². The summed E-state index contributed by atoms with van der Waals surface area (Å²) in [7, 11) is 0. The summed E-state index contributed by atoms with van der Waals surface area (Å²) >= 11 is 0. The van der Waals surface area contributed by atoms with Crippen molar-refractivity contribution in [3.05, 3.63) is 0 Å². The molecule has 0 saturated carbocycles. The molecule has 0 atom stereocenters. The number of aliphatic hydroxyl groups is 2. The Kier molecular flexibility index (Phi) is 34.2. The number of nitrogens with zero attached hydrogens (tertiary/aromatic N) is 2. The second-order valence-corrected chi connectivity index (χ2v) is 3.50. The van der Waals surface area contributed by atoms with Gasteiger partial charge in [0.15, 0.2) is 0 Å². The van der Waals surface area contributed by atoms with Crippen LogP contribution in [0.3, 0.4) is 0 Å². The first-order chi connectivity index (χ1) is 7.69. The molecule has 4 nitrogen and oxygen atoms in total. The van der Waals surface area contributed by atoms with E-state index >= 15 is 0 Å². The van der Waals surface area contributed by atoms with Crippen LogP contribution in [0.1, 0.15) is 27.7 Å². The molecule has 6 heteroatoms. The molecule has 0 aromatic rings. The fourth-order valence-electron chi connectivity index (χ4n) is 1.36. The highest BCUT2D eigenvalue weighted by atomic mass is 79.9. The fourth-order valence-corrected chi connectivity index (χ4v) is 1.36. The predicted octanol–water partition coefficient (Wildman–Crippen LogP) is 1.64. The van der Waals surface area contributed by atoms with Crippen molar-refractivity contribution in [2.24, 2.45) is 0 Å². The summed E-state index contributed by atoms with van der Waals surface area (Å²) in [6.45, 7) is 14.7. The largest absolute Gasteiger partial charge is 0.395 e. The van der Waals surface area contributed by atoms with Crippen molar-refractivity contribution in [2.75, 3.05) is 52.5 Å². The van der Waals surface area contributed by atoms with E-state index in [4.69, 9.17) is 10.2 Å². The molecule has 0 aromatic carbocycles. The van der Waals surface area contributed by atoms with Crippen molar-refractivity contribution >= 4 is 29.4 Å². The highest BCUT2D eigenvalue weighted by molar-refractivity contribution is 8.93. The first kappa shape index (κ1) is 27.0. The molecular weight excluding hydrogens is 320 g/mol. The van der Waals surface area contributed by atoms with Gasteiger partial charge in [0, 0.05) is 13.1 Å². The van der Waals surface area contributed by atoms with Crippen LogP contribution in [0.5, 0.6) is 0 Å². The normalized spacial score (nSPS) is 9.33. The Morgan fingerprint density at radius 1 is 0.667 bits per heavy atom. The van der Waals surface area contributed by atoms with Gasteiger partial charge >= 0.3 is 0 Å². The summed E-state index contributed by atoms with van der Waals surface area (Å²) in [6, 6.07) is 0. The molecule has 2 N–H and O–H groups in total. The highest BCUT2D eigenvalue weighted by Crippen LogP contribution is 1.83. The van der Waals surface area contributed by atoms with E-state index in [1.54, 1.807) is 0 Å². The van der Waals surface area contributed by atoms with Crippen LogP contribution in [-0.4, -0.2) is 72.5 Å². The molecule has 0 amide bonds. The highest BCUT2D eigenvalue weighted by Gasteiger charge is 1.94. The molecular formula is C12H32BrClN2O2.